The molecule has 24 heavy (non-hydrogen) atoms. The summed E-state index contributed by atoms with van der Waals surface area (Å²) in [6.45, 7) is 1.38. The van der Waals surface area contributed by atoms with Gasteiger partial charge in [-0.2, -0.15) is 10.6 Å². The predicted octanol–water partition coefficient (Wildman–Crippen LogP) is -0.593. The van der Waals surface area contributed by atoms with Gasteiger partial charge in [0.15, 0.2) is 25.2 Å². The molecule has 1 amide bonds. The maximum absolute atomic E-state index is 12.1. The van der Waals surface area contributed by atoms with Gasteiger partial charge in [0.25, 0.3) is 5.91 Å². The van der Waals surface area contributed by atoms with Crippen molar-refractivity contribution in [1.29, 1.82) is 0 Å². The van der Waals surface area contributed by atoms with Crippen LogP contribution in [0.3, 0.4) is 0 Å². The quantitative estimate of drug-likeness (QED) is 0.672. The Balaban J connectivity index is 2.75. The van der Waals surface area contributed by atoms with Crippen molar-refractivity contribution in [3.8, 4) is 0 Å². The fourth-order valence-electron chi connectivity index (χ4n) is 2.42. The number of carbonyl (C=O) groups is 1. The van der Waals surface area contributed by atoms with Crippen LogP contribution >= 0.6 is 0 Å². The minimum Gasteiger partial charge on any atom is -0.315 e. The number of hydrazone groups is 1. The zero-order chi connectivity index (χ0) is 18.5. The van der Waals surface area contributed by atoms with Crippen LogP contribution < -0.4 is 5.48 Å². The smallest absolute Gasteiger partial charge is 0.270 e. The van der Waals surface area contributed by atoms with Crippen molar-refractivity contribution in [3.05, 3.63) is 23.8 Å². The lowest BCUT2D eigenvalue weighted by atomic mass is 9.91. The van der Waals surface area contributed by atoms with Crippen molar-refractivity contribution in [3.63, 3.8) is 0 Å². The molecule has 0 spiro atoms. The molecule has 1 aliphatic rings. The molecule has 132 valence electrons. The summed E-state index contributed by atoms with van der Waals surface area (Å²) < 4.78 is 47.6. The first-order valence-electron chi connectivity index (χ1n) is 6.65. The highest BCUT2D eigenvalue weighted by Gasteiger charge is 2.47. The molecule has 0 saturated heterocycles. The van der Waals surface area contributed by atoms with Crippen molar-refractivity contribution >= 4 is 31.3 Å². The number of rotatable bonds is 4. The SMILES string of the molecule is CN1N=C(c2ccc(S(C)(=O)=O)c(S(C)(=O)=O)c2)C(C)(NO)C1=O. The standard InChI is InChI=1S/C13H17N3O6S2/c1-13(15-18)11(14-16(2)12(13)17)8-5-6-9(23(3,19)20)10(7-8)24(4,21)22/h5-7,15,18H,1-4H3. The van der Waals surface area contributed by atoms with Gasteiger partial charge < -0.3 is 5.21 Å². The van der Waals surface area contributed by atoms with E-state index in [2.05, 4.69) is 5.10 Å². The van der Waals surface area contributed by atoms with Crippen LogP contribution in [-0.2, 0) is 24.5 Å². The molecule has 0 radical (unpaired) electrons. The minimum absolute atomic E-state index is 0.0717. The Morgan fingerprint density at radius 1 is 1.12 bits per heavy atom. The Labute approximate surface area is 139 Å². The lowest BCUT2D eigenvalue weighted by molar-refractivity contribution is -0.134. The summed E-state index contributed by atoms with van der Waals surface area (Å²) in [7, 11) is -6.25. The van der Waals surface area contributed by atoms with E-state index in [9.17, 15) is 26.8 Å². The van der Waals surface area contributed by atoms with Gasteiger partial charge in [0.2, 0.25) is 0 Å². The summed E-state index contributed by atoms with van der Waals surface area (Å²) in [5, 5.41) is 14.4. The molecule has 11 heteroatoms. The molecule has 9 nitrogen and oxygen atoms in total. The third-order valence-electron chi connectivity index (χ3n) is 3.68. The Hall–Kier alpha value is -1.82. The summed E-state index contributed by atoms with van der Waals surface area (Å²) in [4.78, 5) is 11.4. The van der Waals surface area contributed by atoms with E-state index >= 15 is 0 Å². The number of hydrogen-bond acceptors (Lipinski definition) is 8. The molecule has 2 rings (SSSR count). The van der Waals surface area contributed by atoms with Gasteiger partial charge in [0, 0.05) is 25.1 Å². The molecule has 0 aromatic heterocycles. The van der Waals surface area contributed by atoms with E-state index in [0.717, 1.165) is 29.7 Å². The molecule has 2 N–H and O–H groups in total. The monoisotopic (exact) mass is 375 g/mol. The van der Waals surface area contributed by atoms with Crippen LogP contribution in [0, 0.1) is 0 Å². The average molecular weight is 375 g/mol. The second kappa shape index (κ2) is 5.62. The van der Waals surface area contributed by atoms with Crippen LogP contribution in [0.1, 0.15) is 12.5 Å². The zero-order valence-electron chi connectivity index (χ0n) is 13.4. The number of carbonyl (C=O) groups excluding carboxylic acids is 1. The van der Waals surface area contributed by atoms with E-state index < -0.39 is 36.0 Å². The molecule has 1 atom stereocenters. The number of likely N-dealkylation sites (N-methyl/N-ethyl adjacent to an activating group) is 1. The molecular formula is C13H17N3O6S2. The van der Waals surface area contributed by atoms with Crippen LogP contribution in [0.4, 0.5) is 0 Å². The normalized spacial score (nSPS) is 22.0. The van der Waals surface area contributed by atoms with E-state index in [1.165, 1.54) is 20.0 Å². The molecule has 1 unspecified atom stereocenters. The van der Waals surface area contributed by atoms with Crippen molar-refractivity contribution < 1.29 is 26.8 Å². The number of sulfone groups is 2. The van der Waals surface area contributed by atoms with Crippen LogP contribution in [0.2, 0.25) is 0 Å². The molecule has 0 aliphatic carbocycles. The molecule has 0 bridgehead atoms. The van der Waals surface area contributed by atoms with Gasteiger partial charge in [-0.15, -0.1) is 0 Å². The van der Waals surface area contributed by atoms with Gasteiger partial charge in [-0.05, 0) is 19.1 Å². The Morgan fingerprint density at radius 3 is 2.12 bits per heavy atom. The Bertz CT molecular complexity index is 952. The van der Waals surface area contributed by atoms with Crippen molar-refractivity contribution in [2.45, 2.75) is 22.3 Å². The maximum atomic E-state index is 12.1. The highest BCUT2D eigenvalue weighted by atomic mass is 32.2. The second-order valence-corrected chi connectivity index (χ2v) is 9.69. The molecular weight excluding hydrogens is 358 g/mol. The van der Waals surface area contributed by atoms with E-state index in [4.69, 9.17) is 0 Å². The highest BCUT2D eigenvalue weighted by molar-refractivity contribution is 7.93. The Kier molecular flexibility index (Phi) is 4.34. The number of nitrogens with zero attached hydrogens (tertiary/aromatic N) is 2. The van der Waals surface area contributed by atoms with E-state index in [1.54, 1.807) is 0 Å². The zero-order valence-corrected chi connectivity index (χ0v) is 15.1. The topological polar surface area (TPSA) is 133 Å². The van der Waals surface area contributed by atoms with Crippen molar-refractivity contribution in [2.75, 3.05) is 19.6 Å². The average Bonchev–Trinajstić information content (AvgIpc) is 2.70. The minimum atomic E-state index is -3.86. The summed E-state index contributed by atoms with van der Waals surface area (Å²) in [6, 6.07) is 3.61. The van der Waals surface area contributed by atoms with Gasteiger partial charge in [0.1, 0.15) is 0 Å². The van der Waals surface area contributed by atoms with Crippen LogP contribution in [-0.4, -0.2) is 63.8 Å². The number of benzene rings is 1. The largest absolute Gasteiger partial charge is 0.315 e. The number of hydrogen-bond donors (Lipinski definition) is 2. The molecule has 1 heterocycles. The summed E-state index contributed by atoms with van der Waals surface area (Å²) in [5.41, 5.74) is 0.580. The number of nitrogens with one attached hydrogen (secondary N) is 1. The second-order valence-electron chi connectivity index (χ2n) is 5.72. The summed E-state index contributed by atoms with van der Waals surface area (Å²) in [5.74, 6) is -0.548. The summed E-state index contributed by atoms with van der Waals surface area (Å²) in [6.07, 6.45) is 1.79. The molecule has 1 aromatic rings. The van der Waals surface area contributed by atoms with Crippen LogP contribution in [0.25, 0.3) is 0 Å². The molecule has 1 aliphatic heterocycles. The van der Waals surface area contributed by atoms with Crippen molar-refractivity contribution in [1.82, 2.24) is 10.5 Å². The van der Waals surface area contributed by atoms with Gasteiger partial charge in [0.05, 0.1) is 15.5 Å². The molecule has 0 fully saturated rings. The summed E-state index contributed by atoms with van der Waals surface area (Å²) >= 11 is 0. The highest BCUT2D eigenvalue weighted by Crippen LogP contribution is 2.28. The van der Waals surface area contributed by atoms with E-state index in [-0.39, 0.29) is 16.2 Å². The molecule has 0 saturated carbocycles. The van der Waals surface area contributed by atoms with Gasteiger partial charge >= 0.3 is 0 Å². The van der Waals surface area contributed by atoms with Crippen LogP contribution in [0.15, 0.2) is 33.1 Å². The lowest BCUT2D eigenvalue weighted by Crippen LogP contribution is -2.53. The van der Waals surface area contributed by atoms with Gasteiger partial charge in [-0.25, -0.2) is 21.8 Å². The first-order valence-corrected chi connectivity index (χ1v) is 10.4. The van der Waals surface area contributed by atoms with Gasteiger partial charge in [-0.3, -0.25) is 4.79 Å². The lowest BCUT2D eigenvalue weighted by Gasteiger charge is -2.22. The predicted molar refractivity (Wildman–Crippen MR) is 85.3 cm³/mol. The number of amides is 1. The third-order valence-corrected chi connectivity index (χ3v) is 6.11. The first-order chi connectivity index (χ1) is 10.8. The Morgan fingerprint density at radius 2 is 1.67 bits per heavy atom. The number of hydroxylamine groups is 1. The third kappa shape index (κ3) is 2.95. The van der Waals surface area contributed by atoms with Crippen molar-refractivity contribution in [2.24, 2.45) is 5.10 Å². The van der Waals surface area contributed by atoms with E-state index in [0.29, 0.717) is 0 Å². The molecule has 1 aromatic carbocycles. The van der Waals surface area contributed by atoms with Crippen LogP contribution in [0.5, 0.6) is 0 Å². The van der Waals surface area contributed by atoms with E-state index in [1.807, 2.05) is 5.48 Å². The fraction of sp³-hybridized carbons (Fsp3) is 0.385. The maximum Gasteiger partial charge on any atom is 0.270 e. The first kappa shape index (κ1) is 18.5. The van der Waals surface area contributed by atoms with Gasteiger partial charge in [-0.1, -0.05) is 6.07 Å². The fourth-order valence-corrected chi connectivity index (χ4v) is 4.84.